The fourth-order valence-electron chi connectivity index (χ4n) is 8.27. The number of hydrogen-bond acceptors (Lipinski definition) is 6. The number of fused-ring (bicyclic) bond motifs is 3. The third kappa shape index (κ3) is 14.9. The second kappa shape index (κ2) is 22.0. The number of rotatable bonds is 25. The van der Waals surface area contributed by atoms with Crippen LogP contribution in [0.1, 0.15) is 175 Å². The minimum Gasteiger partial charge on any atom is -0.466 e. The molecule has 4 aliphatic rings. The molecule has 1 unspecified atom stereocenters. The van der Waals surface area contributed by atoms with Gasteiger partial charge in [0.15, 0.2) is 0 Å². The molecule has 45 heavy (non-hydrogen) atoms. The summed E-state index contributed by atoms with van der Waals surface area (Å²) in [4.78, 5) is 28.3. The van der Waals surface area contributed by atoms with E-state index in [-0.39, 0.29) is 22.8 Å². The summed E-state index contributed by atoms with van der Waals surface area (Å²) in [6.45, 7) is 11.2. The third-order valence-electron chi connectivity index (χ3n) is 11.7. The van der Waals surface area contributed by atoms with E-state index in [0.29, 0.717) is 31.3 Å². The highest BCUT2D eigenvalue weighted by molar-refractivity contribution is 7.99. The van der Waals surface area contributed by atoms with Crippen molar-refractivity contribution in [3.63, 3.8) is 0 Å². The fraction of sp³-hybridized carbons (Fsp3) is 0.949. The summed E-state index contributed by atoms with van der Waals surface area (Å²) in [7, 11) is 0. The van der Waals surface area contributed by atoms with E-state index in [1.165, 1.54) is 121 Å². The molecule has 5 nitrogen and oxygen atoms in total. The quantitative estimate of drug-likeness (QED) is 0.0724. The highest BCUT2D eigenvalue weighted by Crippen LogP contribution is 2.52. The molecule has 1 atom stereocenters. The van der Waals surface area contributed by atoms with Gasteiger partial charge in [0.05, 0.1) is 19.6 Å². The largest absolute Gasteiger partial charge is 0.466 e. The maximum atomic E-state index is 12.9. The number of ether oxygens (including phenoxy) is 2. The molecule has 3 aliphatic carbocycles. The molecule has 2 bridgehead atoms. The van der Waals surface area contributed by atoms with Crippen LogP contribution >= 0.6 is 11.8 Å². The molecule has 4 rings (SSSR count). The molecule has 1 aliphatic heterocycles. The normalized spacial score (nSPS) is 23.6. The zero-order valence-electron chi connectivity index (χ0n) is 29.9. The van der Waals surface area contributed by atoms with Crippen LogP contribution in [0.5, 0.6) is 0 Å². The first-order valence-corrected chi connectivity index (χ1v) is 20.6. The summed E-state index contributed by atoms with van der Waals surface area (Å²) in [6.07, 6.45) is 27.9. The van der Waals surface area contributed by atoms with Crippen LogP contribution in [0.2, 0.25) is 0 Å². The molecule has 0 N–H and O–H groups in total. The summed E-state index contributed by atoms with van der Waals surface area (Å²) in [5.74, 6) is 2.12. The van der Waals surface area contributed by atoms with Crippen molar-refractivity contribution in [2.75, 3.05) is 38.6 Å². The molecule has 6 heteroatoms. The van der Waals surface area contributed by atoms with Gasteiger partial charge in [0.1, 0.15) is 0 Å². The van der Waals surface area contributed by atoms with Crippen LogP contribution in [0.25, 0.3) is 0 Å². The number of likely N-dealkylation sites (tertiary alicyclic amines) is 1. The molecular weight excluding hydrogens is 578 g/mol. The Bertz CT molecular complexity index is 789. The number of carbonyl (C=O) groups excluding carboxylic acids is 2. The van der Waals surface area contributed by atoms with Gasteiger partial charge in [-0.2, -0.15) is 11.8 Å². The lowest BCUT2D eigenvalue weighted by atomic mass is 9.59. The number of unbranched alkanes of at least 4 members (excludes halogenated alkanes) is 7. The predicted molar refractivity (Wildman–Crippen MR) is 191 cm³/mol. The molecule has 0 aromatic heterocycles. The zero-order chi connectivity index (χ0) is 32.2. The molecule has 0 aromatic rings. The maximum Gasteiger partial charge on any atom is 0.306 e. The molecule has 262 valence electrons. The van der Waals surface area contributed by atoms with E-state index in [9.17, 15) is 9.59 Å². The van der Waals surface area contributed by atoms with Crippen LogP contribution in [-0.2, 0) is 19.1 Å². The number of hydrogen-bond donors (Lipinski definition) is 0. The van der Waals surface area contributed by atoms with E-state index in [4.69, 9.17) is 9.47 Å². The summed E-state index contributed by atoms with van der Waals surface area (Å²) in [5, 5.41) is 0.569. The topological polar surface area (TPSA) is 55.8 Å². The molecule has 4 fully saturated rings. The monoisotopic (exact) mass is 650 g/mol. The van der Waals surface area contributed by atoms with Gasteiger partial charge in [-0.1, -0.05) is 72.1 Å². The van der Waals surface area contributed by atoms with E-state index in [0.717, 1.165) is 51.1 Å². The zero-order valence-corrected chi connectivity index (χ0v) is 30.7. The van der Waals surface area contributed by atoms with Crippen molar-refractivity contribution < 1.29 is 19.1 Å². The van der Waals surface area contributed by atoms with Crippen molar-refractivity contribution in [2.45, 2.75) is 180 Å². The average Bonchev–Trinajstić information content (AvgIpc) is 3.05. The molecule has 1 heterocycles. The Hall–Kier alpha value is -0.750. The van der Waals surface area contributed by atoms with Gasteiger partial charge >= 0.3 is 11.9 Å². The lowest BCUT2D eigenvalue weighted by molar-refractivity contribution is -0.149. The standard InChI is InChI=1S/C39H71NO4S/c1-4-7-9-10-11-12-13-32-45-35(14-6-3)15-16-36(41)43-30-25-38(23-28-40(29-24-38)27-8-5-2)26-31-44-37(42)33-39-20-17-34(18-21-39)19-22-39/h34-35H,4-33H2,1-3H3. The van der Waals surface area contributed by atoms with Crippen LogP contribution in [0.15, 0.2) is 0 Å². The predicted octanol–water partition coefficient (Wildman–Crippen LogP) is 10.5. The second-order valence-electron chi connectivity index (χ2n) is 15.2. The van der Waals surface area contributed by atoms with E-state index < -0.39 is 0 Å². The first kappa shape index (κ1) is 38.7. The smallest absolute Gasteiger partial charge is 0.306 e. The van der Waals surface area contributed by atoms with E-state index in [2.05, 4.69) is 37.4 Å². The minimum absolute atomic E-state index is 0.0174. The van der Waals surface area contributed by atoms with Crippen LogP contribution in [0.4, 0.5) is 0 Å². The van der Waals surface area contributed by atoms with Crippen molar-refractivity contribution in [1.29, 1.82) is 0 Å². The van der Waals surface area contributed by atoms with Gasteiger partial charge < -0.3 is 14.4 Å². The van der Waals surface area contributed by atoms with Gasteiger partial charge in [0, 0.05) is 11.7 Å². The summed E-state index contributed by atoms with van der Waals surface area (Å²) in [5.41, 5.74) is 0.326. The number of carbonyl (C=O) groups is 2. The Morgan fingerprint density at radius 1 is 0.733 bits per heavy atom. The second-order valence-corrected chi connectivity index (χ2v) is 16.6. The summed E-state index contributed by atoms with van der Waals surface area (Å²) < 4.78 is 11.8. The van der Waals surface area contributed by atoms with Gasteiger partial charge in [-0.25, -0.2) is 0 Å². The first-order valence-electron chi connectivity index (χ1n) is 19.6. The maximum absolute atomic E-state index is 12.9. The SMILES string of the molecule is CCCCCCCCCSC(CCC)CCC(=O)OCCC1(CCOC(=O)CC23CCC(CC2)CC3)CCN(CCCC)CC1. The fourth-order valence-corrected chi connectivity index (χ4v) is 9.67. The third-order valence-corrected chi connectivity index (χ3v) is 13.2. The Labute approximate surface area is 282 Å². The lowest BCUT2D eigenvalue weighted by Crippen LogP contribution is -2.42. The van der Waals surface area contributed by atoms with Gasteiger partial charge in [0.2, 0.25) is 0 Å². The average molecular weight is 650 g/mol. The molecule has 0 aromatic carbocycles. The van der Waals surface area contributed by atoms with Crippen LogP contribution < -0.4 is 0 Å². The lowest BCUT2D eigenvalue weighted by Gasteiger charge is -2.46. The Morgan fingerprint density at radius 3 is 1.96 bits per heavy atom. The van der Waals surface area contributed by atoms with Gasteiger partial charge in [-0.05, 0) is 132 Å². The Balaban J connectivity index is 1.37. The van der Waals surface area contributed by atoms with Gasteiger partial charge in [-0.3, -0.25) is 9.59 Å². The highest BCUT2D eigenvalue weighted by Gasteiger charge is 2.42. The summed E-state index contributed by atoms with van der Waals surface area (Å²) in [6, 6.07) is 0. The van der Waals surface area contributed by atoms with Gasteiger partial charge in [0.25, 0.3) is 0 Å². The number of thioether (sulfide) groups is 1. The number of piperidine rings is 1. The minimum atomic E-state index is -0.0314. The molecule has 3 saturated carbocycles. The molecular formula is C39H71NO4S. The van der Waals surface area contributed by atoms with E-state index >= 15 is 0 Å². The van der Waals surface area contributed by atoms with Crippen LogP contribution in [0.3, 0.4) is 0 Å². The van der Waals surface area contributed by atoms with Crippen molar-refractivity contribution in [3.05, 3.63) is 0 Å². The Morgan fingerprint density at radius 2 is 1.33 bits per heavy atom. The van der Waals surface area contributed by atoms with Crippen LogP contribution in [-0.4, -0.2) is 60.7 Å². The van der Waals surface area contributed by atoms with Crippen molar-refractivity contribution in [2.24, 2.45) is 16.7 Å². The molecule has 0 spiro atoms. The first-order chi connectivity index (χ1) is 21.9. The number of esters is 2. The van der Waals surface area contributed by atoms with Crippen molar-refractivity contribution in [1.82, 2.24) is 4.90 Å². The summed E-state index contributed by atoms with van der Waals surface area (Å²) >= 11 is 2.08. The molecule has 0 amide bonds. The highest BCUT2D eigenvalue weighted by atomic mass is 32.2. The molecule has 0 radical (unpaired) electrons. The van der Waals surface area contributed by atoms with E-state index in [1.807, 2.05) is 0 Å². The van der Waals surface area contributed by atoms with Crippen molar-refractivity contribution in [3.8, 4) is 0 Å². The number of nitrogens with zero attached hydrogens (tertiary/aromatic N) is 1. The Kier molecular flexibility index (Phi) is 18.9. The van der Waals surface area contributed by atoms with E-state index in [1.54, 1.807) is 0 Å². The van der Waals surface area contributed by atoms with Gasteiger partial charge in [-0.15, -0.1) is 0 Å². The molecule has 1 saturated heterocycles. The van der Waals surface area contributed by atoms with Crippen LogP contribution in [0, 0.1) is 16.7 Å². The van der Waals surface area contributed by atoms with Crippen molar-refractivity contribution >= 4 is 23.7 Å².